The fourth-order valence-corrected chi connectivity index (χ4v) is 5.70. The maximum absolute atomic E-state index is 13.1. The Morgan fingerprint density at radius 3 is 2.03 bits per heavy atom. The van der Waals surface area contributed by atoms with Crippen LogP contribution in [0.5, 0.6) is 0 Å². The zero-order valence-electron chi connectivity index (χ0n) is 17.8. The third-order valence-electron chi connectivity index (χ3n) is 7.19. The minimum absolute atomic E-state index is 0.134. The van der Waals surface area contributed by atoms with Gasteiger partial charge in [0.2, 0.25) is 17.7 Å². The summed E-state index contributed by atoms with van der Waals surface area (Å²) in [6.45, 7) is 5.14. The number of imide groups is 1. The smallest absolute Gasteiger partial charge is 0.338 e. The number of allylic oxidation sites excluding steroid dienone is 2. The first kappa shape index (κ1) is 20.0. The van der Waals surface area contributed by atoms with Crippen molar-refractivity contribution in [2.75, 3.05) is 5.32 Å². The van der Waals surface area contributed by atoms with Crippen molar-refractivity contribution < 1.29 is 23.9 Å². The molecule has 1 aliphatic heterocycles. The van der Waals surface area contributed by atoms with Gasteiger partial charge in [0.15, 0.2) is 0 Å². The Labute approximate surface area is 180 Å². The lowest BCUT2D eigenvalue weighted by molar-refractivity contribution is -0.146. The van der Waals surface area contributed by atoms with Crippen LogP contribution in [0.25, 0.3) is 0 Å². The molecule has 162 valence electrons. The third-order valence-corrected chi connectivity index (χ3v) is 7.19. The quantitative estimate of drug-likeness (QED) is 0.447. The lowest BCUT2D eigenvalue weighted by Gasteiger charge is -2.37. The molecule has 7 atom stereocenters. The molecule has 7 heteroatoms. The molecule has 0 radical (unpaired) electrons. The number of hydrogen-bond donors (Lipinski definition) is 1. The van der Waals surface area contributed by atoms with Crippen molar-refractivity contribution in [3.05, 3.63) is 42.0 Å². The molecular weight excluding hydrogens is 396 g/mol. The van der Waals surface area contributed by atoms with Crippen LogP contribution in [-0.2, 0) is 19.1 Å². The Morgan fingerprint density at radius 2 is 1.52 bits per heavy atom. The second kappa shape index (κ2) is 7.04. The molecule has 5 aliphatic rings. The summed E-state index contributed by atoms with van der Waals surface area (Å²) >= 11 is 0. The Balaban J connectivity index is 1.27. The number of amides is 3. The minimum Gasteiger partial charge on any atom is -0.459 e. The minimum atomic E-state index is -0.896. The van der Waals surface area contributed by atoms with Gasteiger partial charge in [0, 0.05) is 5.69 Å². The number of nitrogens with zero attached hydrogens (tertiary/aromatic N) is 1. The number of likely N-dealkylation sites (tertiary alicyclic amines) is 1. The van der Waals surface area contributed by atoms with Crippen molar-refractivity contribution in [3.63, 3.8) is 0 Å². The fourth-order valence-electron chi connectivity index (χ4n) is 5.70. The molecule has 4 aliphatic carbocycles. The SMILES string of the molecule is CC(C)OC(=O)c1ccc(NC(=O)[C@H](C)N2C(=O)[C@@H]3[C@H]4C=C[C@@H]([C@@H]5C[C@@H]45)[C@@H]3C2=O)cc1. The number of benzene rings is 1. The molecule has 3 fully saturated rings. The van der Waals surface area contributed by atoms with Crippen molar-refractivity contribution >= 4 is 29.4 Å². The van der Waals surface area contributed by atoms with E-state index in [1.54, 1.807) is 45.0 Å². The van der Waals surface area contributed by atoms with Crippen molar-refractivity contribution in [3.8, 4) is 0 Å². The van der Waals surface area contributed by atoms with E-state index in [0.29, 0.717) is 23.1 Å². The number of esters is 1. The molecule has 2 saturated carbocycles. The normalized spacial score (nSPS) is 33.2. The highest BCUT2D eigenvalue weighted by Gasteiger charge is 2.67. The predicted molar refractivity (Wildman–Crippen MR) is 112 cm³/mol. The Morgan fingerprint density at radius 1 is 0.968 bits per heavy atom. The molecule has 7 nitrogen and oxygen atoms in total. The summed E-state index contributed by atoms with van der Waals surface area (Å²) in [5.41, 5.74) is 0.868. The average molecular weight is 422 g/mol. The van der Waals surface area contributed by atoms with Gasteiger partial charge in [-0.2, -0.15) is 0 Å². The second-order valence-electron chi connectivity index (χ2n) is 9.40. The van der Waals surface area contributed by atoms with Crippen LogP contribution in [0, 0.1) is 35.5 Å². The summed E-state index contributed by atoms with van der Waals surface area (Å²) in [4.78, 5) is 52.3. The first-order valence-electron chi connectivity index (χ1n) is 10.9. The van der Waals surface area contributed by atoms with Gasteiger partial charge < -0.3 is 10.1 Å². The average Bonchev–Trinajstić information content (AvgIpc) is 3.51. The maximum Gasteiger partial charge on any atom is 0.338 e. The van der Waals surface area contributed by atoms with Crippen LogP contribution in [0.15, 0.2) is 36.4 Å². The summed E-state index contributed by atoms with van der Waals surface area (Å²) in [6, 6.07) is 5.45. The van der Waals surface area contributed by atoms with Gasteiger partial charge in [0.05, 0.1) is 23.5 Å². The van der Waals surface area contributed by atoms with Gasteiger partial charge in [-0.05, 0) is 75.1 Å². The number of carbonyl (C=O) groups excluding carboxylic acids is 4. The summed E-state index contributed by atoms with van der Waals surface area (Å²) in [5.74, 6) is -0.592. The molecule has 0 spiro atoms. The highest BCUT2D eigenvalue weighted by atomic mass is 16.5. The van der Waals surface area contributed by atoms with Gasteiger partial charge in [0.1, 0.15) is 6.04 Å². The Bertz CT molecular complexity index is 962. The number of carbonyl (C=O) groups is 4. The first-order chi connectivity index (χ1) is 14.8. The van der Waals surface area contributed by atoms with E-state index in [-0.39, 0.29) is 41.6 Å². The largest absolute Gasteiger partial charge is 0.459 e. The molecule has 2 bridgehead atoms. The Hall–Kier alpha value is -2.96. The summed E-state index contributed by atoms with van der Waals surface area (Å²) < 4.78 is 5.15. The van der Waals surface area contributed by atoms with Crippen LogP contribution in [-0.4, -0.2) is 40.7 Å². The number of anilines is 1. The van der Waals surface area contributed by atoms with Crippen molar-refractivity contribution in [2.24, 2.45) is 35.5 Å². The zero-order chi connectivity index (χ0) is 22.0. The van der Waals surface area contributed by atoms with Crippen LogP contribution in [0.2, 0.25) is 0 Å². The molecule has 6 rings (SSSR count). The van der Waals surface area contributed by atoms with Gasteiger partial charge in [-0.15, -0.1) is 0 Å². The lowest BCUT2D eigenvalue weighted by atomic mass is 9.63. The fraction of sp³-hybridized carbons (Fsp3) is 0.500. The molecule has 1 saturated heterocycles. The number of rotatable bonds is 5. The second-order valence-corrected chi connectivity index (χ2v) is 9.40. The van der Waals surface area contributed by atoms with E-state index in [2.05, 4.69) is 17.5 Å². The summed E-state index contributed by atoms with van der Waals surface area (Å²) in [7, 11) is 0. The van der Waals surface area contributed by atoms with E-state index in [1.165, 1.54) is 4.90 Å². The van der Waals surface area contributed by atoms with Crippen molar-refractivity contribution in [2.45, 2.75) is 39.3 Å². The van der Waals surface area contributed by atoms with Gasteiger partial charge in [0.25, 0.3) is 0 Å². The van der Waals surface area contributed by atoms with Gasteiger partial charge in [-0.1, -0.05) is 12.2 Å². The predicted octanol–water partition coefficient (Wildman–Crippen LogP) is 2.63. The van der Waals surface area contributed by atoms with Gasteiger partial charge >= 0.3 is 5.97 Å². The van der Waals surface area contributed by atoms with E-state index >= 15 is 0 Å². The number of nitrogens with one attached hydrogen (secondary N) is 1. The van der Waals surface area contributed by atoms with Crippen molar-refractivity contribution in [1.82, 2.24) is 4.90 Å². The van der Waals surface area contributed by atoms with Crippen LogP contribution in [0.3, 0.4) is 0 Å². The summed E-state index contributed by atoms with van der Waals surface area (Å²) in [5, 5.41) is 2.75. The van der Waals surface area contributed by atoms with E-state index in [1.807, 2.05) is 0 Å². The Kier molecular flexibility index (Phi) is 4.53. The molecule has 1 aromatic rings. The van der Waals surface area contributed by atoms with Crippen LogP contribution >= 0.6 is 0 Å². The van der Waals surface area contributed by atoms with E-state index in [4.69, 9.17) is 4.74 Å². The number of ether oxygens (including phenoxy) is 1. The van der Waals surface area contributed by atoms with Crippen LogP contribution in [0.4, 0.5) is 5.69 Å². The van der Waals surface area contributed by atoms with E-state index < -0.39 is 17.9 Å². The highest BCUT2D eigenvalue weighted by Crippen LogP contribution is 2.65. The van der Waals surface area contributed by atoms with Crippen molar-refractivity contribution in [1.29, 1.82) is 0 Å². The monoisotopic (exact) mass is 422 g/mol. The summed E-state index contributed by atoms with van der Waals surface area (Å²) in [6.07, 6.45) is 5.12. The first-order valence-corrected chi connectivity index (χ1v) is 10.9. The van der Waals surface area contributed by atoms with Crippen LogP contribution < -0.4 is 5.32 Å². The van der Waals surface area contributed by atoms with Gasteiger partial charge in [-0.25, -0.2) is 4.79 Å². The third kappa shape index (κ3) is 3.09. The van der Waals surface area contributed by atoms with E-state index in [9.17, 15) is 19.2 Å². The maximum atomic E-state index is 13.1. The molecule has 0 aromatic heterocycles. The zero-order valence-corrected chi connectivity index (χ0v) is 17.8. The molecule has 0 unspecified atom stereocenters. The molecular formula is C24H26N2O5. The molecule has 31 heavy (non-hydrogen) atoms. The van der Waals surface area contributed by atoms with Crippen LogP contribution in [0.1, 0.15) is 37.6 Å². The lowest BCUT2D eigenvalue weighted by Crippen LogP contribution is -2.46. The molecule has 1 aromatic carbocycles. The molecule has 1 heterocycles. The van der Waals surface area contributed by atoms with E-state index in [0.717, 1.165) is 6.42 Å². The molecule has 3 amide bonds. The molecule has 1 N–H and O–H groups in total. The standard InChI is InChI=1S/C24H26N2O5/c1-11(2)31-24(30)13-4-6-14(7-5-13)25-21(27)12(3)26-22(28)19-15-8-9-16(18-10-17(15)18)20(19)23(26)29/h4-9,11-12,15-20H,10H2,1-3H3,(H,25,27)/t12-,15-,16-,17-,18-,19-,20+/m0/s1. The number of hydrogen-bond acceptors (Lipinski definition) is 5. The topological polar surface area (TPSA) is 92.8 Å². The highest BCUT2D eigenvalue weighted by molar-refractivity contribution is 6.10. The van der Waals surface area contributed by atoms with Gasteiger partial charge in [-0.3, -0.25) is 19.3 Å².